The number of amides is 2. The van der Waals surface area contributed by atoms with E-state index in [1.54, 1.807) is 23.1 Å². The van der Waals surface area contributed by atoms with Gasteiger partial charge >= 0.3 is 6.03 Å². The van der Waals surface area contributed by atoms with E-state index in [4.69, 9.17) is 0 Å². The summed E-state index contributed by atoms with van der Waals surface area (Å²) >= 11 is 0. The maximum atomic E-state index is 12.6. The van der Waals surface area contributed by atoms with E-state index < -0.39 is 10.0 Å². The van der Waals surface area contributed by atoms with Gasteiger partial charge in [-0.3, -0.25) is 4.72 Å². The third-order valence-electron chi connectivity index (χ3n) is 4.91. The first-order chi connectivity index (χ1) is 12.9. The third kappa shape index (κ3) is 4.60. The number of hydrogen-bond donors (Lipinski definition) is 2. The summed E-state index contributed by atoms with van der Waals surface area (Å²) in [7, 11) is -3.69. The minimum absolute atomic E-state index is 0.140. The number of nitrogens with one attached hydrogen (secondary N) is 2. The minimum Gasteiger partial charge on any atom is -0.325 e. The molecule has 0 unspecified atom stereocenters. The van der Waals surface area contributed by atoms with E-state index in [9.17, 15) is 13.2 Å². The van der Waals surface area contributed by atoms with Crippen molar-refractivity contribution >= 4 is 27.4 Å². The lowest BCUT2D eigenvalue weighted by Gasteiger charge is -2.26. The Labute approximate surface area is 160 Å². The van der Waals surface area contributed by atoms with Crippen molar-refractivity contribution in [3.05, 3.63) is 53.6 Å². The highest BCUT2D eigenvalue weighted by Crippen LogP contribution is 2.23. The first kappa shape index (κ1) is 19.2. The molecule has 2 aromatic carbocycles. The molecule has 0 aliphatic carbocycles. The number of carbonyl (C=O) groups excluding carboxylic acids is 1. The highest BCUT2D eigenvalue weighted by atomic mass is 32.2. The van der Waals surface area contributed by atoms with Crippen molar-refractivity contribution in [1.82, 2.24) is 4.90 Å². The Morgan fingerprint density at radius 3 is 2.30 bits per heavy atom. The van der Waals surface area contributed by atoms with Crippen molar-refractivity contribution in [1.29, 1.82) is 0 Å². The Bertz CT molecular complexity index is 918. The molecule has 0 spiro atoms. The van der Waals surface area contributed by atoms with E-state index >= 15 is 0 Å². The van der Waals surface area contributed by atoms with Crippen molar-refractivity contribution in [2.24, 2.45) is 0 Å². The second-order valence-corrected chi connectivity index (χ2v) is 8.54. The summed E-state index contributed by atoms with van der Waals surface area (Å²) in [6.07, 6.45) is 3.20. The van der Waals surface area contributed by atoms with Crippen LogP contribution >= 0.6 is 0 Å². The molecule has 0 radical (unpaired) electrons. The number of aryl methyl sites for hydroxylation is 1. The lowest BCUT2D eigenvalue weighted by atomic mass is 10.1. The van der Waals surface area contributed by atoms with Gasteiger partial charge in [0.15, 0.2) is 0 Å². The lowest BCUT2D eigenvalue weighted by molar-refractivity contribution is 0.200. The van der Waals surface area contributed by atoms with Crippen LogP contribution in [-0.2, 0) is 10.0 Å². The fourth-order valence-electron chi connectivity index (χ4n) is 3.08. The molecule has 1 aliphatic heterocycles. The smallest absolute Gasteiger partial charge is 0.321 e. The van der Waals surface area contributed by atoms with Gasteiger partial charge in [-0.15, -0.1) is 0 Å². The van der Waals surface area contributed by atoms with Crippen LogP contribution in [0.4, 0.5) is 16.2 Å². The molecule has 2 aromatic rings. The molecular formula is C20H25N3O3S. The summed E-state index contributed by atoms with van der Waals surface area (Å²) < 4.78 is 27.9. The molecule has 0 bridgehead atoms. The fraction of sp³-hybridized carbons (Fsp3) is 0.350. The predicted molar refractivity (Wildman–Crippen MR) is 108 cm³/mol. The number of benzene rings is 2. The van der Waals surface area contributed by atoms with Gasteiger partial charge in [-0.05, 0) is 74.6 Å². The van der Waals surface area contributed by atoms with E-state index in [0.29, 0.717) is 11.4 Å². The van der Waals surface area contributed by atoms with Crippen LogP contribution in [0, 0.1) is 13.8 Å². The third-order valence-corrected chi connectivity index (χ3v) is 6.29. The van der Waals surface area contributed by atoms with E-state index in [-0.39, 0.29) is 10.9 Å². The van der Waals surface area contributed by atoms with Crippen LogP contribution < -0.4 is 10.0 Å². The predicted octanol–water partition coefficient (Wildman–Crippen LogP) is 4.12. The molecule has 6 nitrogen and oxygen atoms in total. The Kier molecular flexibility index (Phi) is 5.70. The molecule has 1 saturated heterocycles. The topological polar surface area (TPSA) is 78.5 Å². The highest BCUT2D eigenvalue weighted by molar-refractivity contribution is 7.92. The molecule has 2 amide bonds. The largest absolute Gasteiger partial charge is 0.325 e. The zero-order valence-corrected chi connectivity index (χ0v) is 16.5. The molecule has 2 N–H and O–H groups in total. The average Bonchev–Trinajstić information content (AvgIpc) is 2.66. The first-order valence-electron chi connectivity index (χ1n) is 9.12. The van der Waals surface area contributed by atoms with Crippen LogP contribution in [0.1, 0.15) is 30.4 Å². The number of sulfonamides is 1. The number of anilines is 2. The molecule has 0 saturated carbocycles. The van der Waals surface area contributed by atoms with E-state index in [1.165, 1.54) is 12.1 Å². The highest BCUT2D eigenvalue weighted by Gasteiger charge is 2.18. The summed E-state index contributed by atoms with van der Waals surface area (Å²) in [5.41, 5.74) is 3.06. The number of urea groups is 1. The Balaban J connectivity index is 1.70. The van der Waals surface area contributed by atoms with Crippen molar-refractivity contribution < 1.29 is 13.2 Å². The summed E-state index contributed by atoms with van der Waals surface area (Å²) in [4.78, 5) is 14.2. The van der Waals surface area contributed by atoms with Crippen LogP contribution in [0.2, 0.25) is 0 Å². The monoisotopic (exact) mass is 387 g/mol. The van der Waals surface area contributed by atoms with Crippen molar-refractivity contribution in [3.63, 3.8) is 0 Å². The van der Waals surface area contributed by atoms with Crippen LogP contribution in [-0.4, -0.2) is 32.4 Å². The molecule has 144 valence electrons. The van der Waals surface area contributed by atoms with Crippen molar-refractivity contribution in [2.75, 3.05) is 23.1 Å². The summed E-state index contributed by atoms with van der Waals surface area (Å²) in [5.74, 6) is 0. The number of nitrogens with zero attached hydrogens (tertiary/aromatic N) is 1. The van der Waals surface area contributed by atoms with Gasteiger partial charge in [0.2, 0.25) is 0 Å². The van der Waals surface area contributed by atoms with E-state index in [1.807, 2.05) is 26.0 Å². The molecule has 0 aromatic heterocycles. The summed E-state index contributed by atoms with van der Waals surface area (Å²) in [5, 5.41) is 2.83. The van der Waals surface area contributed by atoms with Crippen molar-refractivity contribution in [2.45, 2.75) is 38.0 Å². The molecule has 1 heterocycles. The second kappa shape index (κ2) is 8.00. The number of hydrogen-bond acceptors (Lipinski definition) is 3. The fourth-order valence-corrected chi connectivity index (χ4v) is 4.21. The Morgan fingerprint density at radius 2 is 1.63 bits per heavy atom. The van der Waals surface area contributed by atoms with Crippen LogP contribution in [0.3, 0.4) is 0 Å². The molecule has 1 fully saturated rings. The normalized spacial score (nSPS) is 14.7. The molecule has 0 atom stereocenters. The first-order valence-corrected chi connectivity index (χ1v) is 10.6. The van der Waals surface area contributed by atoms with Gasteiger partial charge in [-0.25, -0.2) is 13.2 Å². The van der Waals surface area contributed by atoms with Gasteiger partial charge in [-0.1, -0.05) is 12.1 Å². The maximum Gasteiger partial charge on any atom is 0.321 e. The molecule has 1 aliphatic rings. The quantitative estimate of drug-likeness (QED) is 0.828. The molecule has 27 heavy (non-hydrogen) atoms. The zero-order chi connectivity index (χ0) is 19.4. The molecule has 7 heteroatoms. The summed E-state index contributed by atoms with van der Waals surface area (Å²) in [6.45, 7) is 5.34. The zero-order valence-electron chi connectivity index (χ0n) is 15.7. The number of carbonyl (C=O) groups is 1. The Morgan fingerprint density at radius 1 is 0.963 bits per heavy atom. The molecular weight excluding hydrogens is 362 g/mol. The number of piperidine rings is 1. The van der Waals surface area contributed by atoms with E-state index in [0.717, 1.165) is 43.5 Å². The average molecular weight is 388 g/mol. The van der Waals surface area contributed by atoms with Gasteiger partial charge < -0.3 is 10.2 Å². The van der Waals surface area contributed by atoms with Gasteiger partial charge in [0.05, 0.1) is 10.6 Å². The van der Waals surface area contributed by atoms with Crippen LogP contribution in [0.15, 0.2) is 47.4 Å². The Hall–Kier alpha value is -2.54. The van der Waals surface area contributed by atoms with Gasteiger partial charge in [0.25, 0.3) is 10.0 Å². The van der Waals surface area contributed by atoms with Crippen LogP contribution in [0.25, 0.3) is 0 Å². The van der Waals surface area contributed by atoms with Gasteiger partial charge in [0.1, 0.15) is 0 Å². The maximum absolute atomic E-state index is 12.6. The van der Waals surface area contributed by atoms with Gasteiger partial charge in [0, 0.05) is 18.8 Å². The van der Waals surface area contributed by atoms with E-state index in [2.05, 4.69) is 10.0 Å². The second-order valence-electron chi connectivity index (χ2n) is 6.86. The summed E-state index contributed by atoms with van der Waals surface area (Å²) in [6, 6.07) is 11.6. The molecule has 3 rings (SSSR count). The van der Waals surface area contributed by atoms with Crippen LogP contribution in [0.5, 0.6) is 0 Å². The lowest BCUT2D eigenvalue weighted by Crippen LogP contribution is -2.38. The number of rotatable bonds is 4. The van der Waals surface area contributed by atoms with Gasteiger partial charge in [-0.2, -0.15) is 0 Å². The minimum atomic E-state index is -3.69. The SMILES string of the molecule is Cc1cccc(NS(=O)(=O)c2ccc(NC(=O)N3CCCCC3)cc2)c1C. The number of likely N-dealkylation sites (tertiary alicyclic amines) is 1. The standard InChI is InChI=1S/C20H25N3O3S/c1-15-7-6-8-19(16(15)2)22-27(25,26)18-11-9-17(10-12-18)21-20(24)23-13-4-3-5-14-23/h6-12,22H,3-5,13-14H2,1-2H3,(H,21,24). The van der Waals surface area contributed by atoms with Crippen molar-refractivity contribution in [3.8, 4) is 0 Å².